The summed E-state index contributed by atoms with van der Waals surface area (Å²) < 4.78 is 10.4. The Labute approximate surface area is 122 Å². The molecule has 2 aromatic rings. The predicted octanol–water partition coefficient (Wildman–Crippen LogP) is 3.24. The van der Waals surface area contributed by atoms with Gasteiger partial charge in [-0.15, -0.1) is 11.3 Å². The molecule has 0 spiro atoms. The molecule has 106 valence electrons. The molecule has 1 unspecified atom stereocenters. The topological polar surface area (TPSA) is 48.4 Å². The normalized spacial score (nSPS) is 11.9. The molecule has 0 N–H and O–H groups in total. The van der Waals surface area contributed by atoms with Gasteiger partial charge in [0.05, 0.1) is 13.7 Å². The molecule has 1 aromatic heterocycles. The first-order valence-corrected chi connectivity index (χ1v) is 7.34. The van der Waals surface area contributed by atoms with Crippen LogP contribution in [0.2, 0.25) is 0 Å². The van der Waals surface area contributed by atoms with E-state index in [2.05, 4.69) is 11.9 Å². The second-order valence-corrected chi connectivity index (χ2v) is 5.17. The van der Waals surface area contributed by atoms with Gasteiger partial charge in [0.1, 0.15) is 16.7 Å². The average Bonchev–Trinajstić information content (AvgIpc) is 3.00. The van der Waals surface area contributed by atoms with E-state index in [1.807, 2.05) is 29.6 Å². The molecule has 1 heterocycles. The Bertz CT molecular complexity index is 537. The van der Waals surface area contributed by atoms with Crippen LogP contribution in [0.25, 0.3) is 0 Å². The summed E-state index contributed by atoms with van der Waals surface area (Å²) in [7, 11) is 1.39. The van der Waals surface area contributed by atoms with Gasteiger partial charge >= 0.3 is 5.97 Å². The number of hydrogen-bond donors (Lipinski definition) is 0. The van der Waals surface area contributed by atoms with Gasteiger partial charge in [0.2, 0.25) is 0 Å². The van der Waals surface area contributed by atoms with Gasteiger partial charge in [-0.25, -0.2) is 4.98 Å². The van der Waals surface area contributed by atoms with Crippen molar-refractivity contribution in [1.82, 2.24) is 4.98 Å². The van der Waals surface area contributed by atoms with Crippen LogP contribution in [0.4, 0.5) is 0 Å². The molecule has 0 saturated heterocycles. The lowest BCUT2D eigenvalue weighted by Crippen LogP contribution is -2.15. The fourth-order valence-electron chi connectivity index (χ4n) is 1.85. The summed E-state index contributed by atoms with van der Waals surface area (Å²) in [5, 5.41) is 2.59. The molecular formula is C15H17NO3S. The van der Waals surface area contributed by atoms with Crippen molar-refractivity contribution in [2.45, 2.75) is 19.3 Å². The van der Waals surface area contributed by atoms with E-state index in [-0.39, 0.29) is 5.97 Å². The van der Waals surface area contributed by atoms with E-state index in [0.29, 0.717) is 6.61 Å². The smallest absolute Gasteiger partial charge is 0.320 e. The molecule has 1 aromatic carbocycles. The lowest BCUT2D eigenvalue weighted by molar-refractivity contribution is -0.141. The minimum absolute atomic E-state index is 0.304. The Morgan fingerprint density at radius 3 is 2.65 bits per heavy atom. The van der Waals surface area contributed by atoms with Crippen LogP contribution in [0, 0.1) is 0 Å². The fraction of sp³-hybridized carbons (Fsp3) is 0.333. The standard InChI is InChI=1S/C15H17NO3S/c1-3-9-19-12-6-4-11(5-7-12)13(15(17)18-2)14-16-8-10-20-14/h4-8,10,13H,3,9H2,1-2H3. The number of thiazole rings is 1. The summed E-state index contributed by atoms with van der Waals surface area (Å²) in [6.45, 7) is 2.75. The number of ether oxygens (including phenoxy) is 2. The van der Waals surface area contributed by atoms with E-state index >= 15 is 0 Å². The molecule has 20 heavy (non-hydrogen) atoms. The first kappa shape index (κ1) is 14.5. The largest absolute Gasteiger partial charge is 0.494 e. The number of esters is 1. The monoisotopic (exact) mass is 291 g/mol. The third-order valence-corrected chi connectivity index (χ3v) is 3.66. The van der Waals surface area contributed by atoms with Gasteiger partial charge in [0.15, 0.2) is 0 Å². The summed E-state index contributed by atoms with van der Waals surface area (Å²) in [4.78, 5) is 16.2. The first-order chi connectivity index (χ1) is 9.76. The van der Waals surface area contributed by atoms with Crippen molar-refractivity contribution in [3.05, 3.63) is 46.4 Å². The molecule has 5 heteroatoms. The maximum Gasteiger partial charge on any atom is 0.320 e. The van der Waals surface area contributed by atoms with Gasteiger partial charge in [0.25, 0.3) is 0 Å². The van der Waals surface area contributed by atoms with Gasteiger partial charge < -0.3 is 9.47 Å². The number of carbonyl (C=O) groups excluding carboxylic acids is 1. The molecule has 0 saturated carbocycles. The van der Waals surface area contributed by atoms with Gasteiger partial charge in [-0.1, -0.05) is 19.1 Å². The van der Waals surface area contributed by atoms with E-state index in [1.165, 1.54) is 18.4 Å². The lowest BCUT2D eigenvalue weighted by atomic mass is 10.00. The summed E-state index contributed by atoms with van der Waals surface area (Å²) in [5.74, 6) is 0.0285. The molecule has 0 radical (unpaired) electrons. The summed E-state index contributed by atoms with van der Waals surface area (Å²) in [5.41, 5.74) is 0.857. The fourth-order valence-corrected chi connectivity index (χ4v) is 2.60. The molecule has 0 aliphatic carbocycles. The summed E-state index contributed by atoms with van der Waals surface area (Å²) in [6.07, 6.45) is 2.65. The van der Waals surface area contributed by atoms with Crippen LogP contribution in [0.5, 0.6) is 5.75 Å². The van der Waals surface area contributed by atoms with E-state index in [1.54, 1.807) is 6.20 Å². The molecule has 0 fully saturated rings. The van der Waals surface area contributed by atoms with Crippen LogP contribution >= 0.6 is 11.3 Å². The molecule has 2 rings (SSSR count). The summed E-state index contributed by atoms with van der Waals surface area (Å²) in [6, 6.07) is 7.50. The number of nitrogens with zero attached hydrogens (tertiary/aromatic N) is 1. The molecule has 0 bridgehead atoms. The number of aromatic nitrogens is 1. The average molecular weight is 291 g/mol. The lowest BCUT2D eigenvalue weighted by Gasteiger charge is -2.13. The van der Waals surface area contributed by atoms with Crippen molar-refractivity contribution >= 4 is 17.3 Å². The highest BCUT2D eigenvalue weighted by Gasteiger charge is 2.25. The van der Waals surface area contributed by atoms with Crippen LogP contribution < -0.4 is 4.74 Å². The minimum atomic E-state index is -0.472. The molecule has 0 amide bonds. The molecule has 0 aliphatic heterocycles. The Morgan fingerprint density at radius 2 is 2.10 bits per heavy atom. The van der Waals surface area contributed by atoms with Crippen molar-refractivity contribution in [2.24, 2.45) is 0 Å². The number of methoxy groups -OCH3 is 1. The predicted molar refractivity (Wildman–Crippen MR) is 78.2 cm³/mol. The third-order valence-electron chi connectivity index (χ3n) is 2.82. The summed E-state index contributed by atoms with van der Waals surface area (Å²) >= 11 is 1.44. The van der Waals surface area contributed by atoms with Crippen LogP contribution in [-0.4, -0.2) is 24.7 Å². The van der Waals surface area contributed by atoms with Crippen LogP contribution in [-0.2, 0) is 9.53 Å². The molecule has 1 atom stereocenters. The number of benzene rings is 1. The Morgan fingerprint density at radius 1 is 1.35 bits per heavy atom. The Kier molecular flexibility index (Phi) is 5.12. The van der Waals surface area contributed by atoms with Gasteiger partial charge in [-0.05, 0) is 24.1 Å². The van der Waals surface area contributed by atoms with Gasteiger partial charge in [-0.2, -0.15) is 0 Å². The highest BCUT2D eigenvalue weighted by molar-refractivity contribution is 7.09. The van der Waals surface area contributed by atoms with E-state index in [9.17, 15) is 4.79 Å². The minimum Gasteiger partial charge on any atom is -0.494 e. The van der Waals surface area contributed by atoms with Crippen LogP contribution in [0.3, 0.4) is 0 Å². The Hall–Kier alpha value is -1.88. The zero-order chi connectivity index (χ0) is 14.4. The maximum atomic E-state index is 12.0. The highest BCUT2D eigenvalue weighted by Crippen LogP contribution is 2.28. The molecular weight excluding hydrogens is 274 g/mol. The quantitative estimate of drug-likeness (QED) is 0.767. The zero-order valence-electron chi connectivity index (χ0n) is 11.5. The van der Waals surface area contributed by atoms with Gasteiger partial charge in [0, 0.05) is 11.6 Å². The van der Waals surface area contributed by atoms with Crippen molar-refractivity contribution in [3.8, 4) is 5.75 Å². The van der Waals surface area contributed by atoms with E-state index in [0.717, 1.165) is 22.7 Å². The number of hydrogen-bond acceptors (Lipinski definition) is 5. The van der Waals surface area contributed by atoms with Crippen molar-refractivity contribution in [2.75, 3.05) is 13.7 Å². The van der Waals surface area contributed by atoms with Crippen molar-refractivity contribution in [3.63, 3.8) is 0 Å². The Balaban J connectivity index is 2.23. The second kappa shape index (κ2) is 7.05. The van der Waals surface area contributed by atoms with Crippen molar-refractivity contribution < 1.29 is 14.3 Å². The van der Waals surface area contributed by atoms with Crippen LogP contribution in [0.15, 0.2) is 35.8 Å². The molecule has 0 aliphatic rings. The SMILES string of the molecule is CCCOc1ccc(C(C(=O)OC)c2nccs2)cc1. The first-order valence-electron chi connectivity index (χ1n) is 6.46. The van der Waals surface area contributed by atoms with E-state index in [4.69, 9.17) is 9.47 Å². The van der Waals surface area contributed by atoms with E-state index < -0.39 is 5.92 Å². The van der Waals surface area contributed by atoms with Crippen LogP contribution in [0.1, 0.15) is 29.8 Å². The highest BCUT2D eigenvalue weighted by atomic mass is 32.1. The van der Waals surface area contributed by atoms with Gasteiger partial charge in [-0.3, -0.25) is 4.79 Å². The third kappa shape index (κ3) is 3.36. The van der Waals surface area contributed by atoms with Crippen molar-refractivity contribution in [1.29, 1.82) is 0 Å². The molecule has 4 nitrogen and oxygen atoms in total. The number of carbonyl (C=O) groups is 1. The zero-order valence-corrected chi connectivity index (χ0v) is 12.4. The maximum absolute atomic E-state index is 12.0. The second-order valence-electron chi connectivity index (χ2n) is 4.24. The number of rotatable bonds is 6.